The molecule has 31 heavy (non-hydrogen) atoms. The first-order valence-electron chi connectivity index (χ1n) is 10.2. The lowest BCUT2D eigenvalue weighted by Gasteiger charge is -2.32. The van der Waals surface area contributed by atoms with E-state index in [0.29, 0.717) is 0 Å². The van der Waals surface area contributed by atoms with Crippen LogP contribution in [-0.4, -0.2) is 59.0 Å². The Labute approximate surface area is 179 Å². The molecule has 2 fully saturated rings. The quantitative estimate of drug-likeness (QED) is 0.462. The molecular formula is C22H25N3O6. The van der Waals surface area contributed by atoms with Crippen molar-refractivity contribution in [3.63, 3.8) is 0 Å². The number of hydrogen-bond donors (Lipinski definition) is 2. The molecule has 0 radical (unpaired) electrons. The van der Waals surface area contributed by atoms with Crippen molar-refractivity contribution < 1.29 is 28.7 Å². The van der Waals surface area contributed by atoms with Crippen molar-refractivity contribution in [2.45, 2.75) is 37.6 Å². The molecule has 3 N–H and O–H groups in total. The van der Waals surface area contributed by atoms with E-state index in [9.17, 15) is 19.2 Å². The highest BCUT2D eigenvalue weighted by atomic mass is 16.6. The first-order valence-corrected chi connectivity index (χ1v) is 10.2. The number of ether oxygens (including phenoxy) is 2. The molecule has 0 aliphatic carbocycles. The van der Waals surface area contributed by atoms with Crippen LogP contribution in [0.4, 0.5) is 0 Å². The van der Waals surface area contributed by atoms with Crippen LogP contribution in [0.3, 0.4) is 0 Å². The number of primary amides is 1. The van der Waals surface area contributed by atoms with Gasteiger partial charge in [-0.3, -0.25) is 19.2 Å². The Morgan fingerprint density at radius 3 is 2.58 bits per heavy atom. The van der Waals surface area contributed by atoms with Gasteiger partial charge in [0.25, 0.3) is 0 Å². The largest absolute Gasteiger partial charge is 0.466 e. The molecule has 1 aromatic rings. The smallest absolute Gasteiger partial charge is 0.313 e. The van der Waals surface area contributed by atoms with E-state index in [4.69, 9.17) is 15.2 Å². The van der Waals surface area contributed by atoms with Crippen molar-refractivity contribution in [1.82, 2.24) is 10.2 Å². The van der Waals surface area contributed by atoms with Crippen molar-refractivity contribution >= 4 is 23.7 Å². The molecule has 1 aromatic carbocycles. The number of likely N-dealkylation sites (tertiary alicyclic amines) is 1. The van der Waals surface area contributed by atoms with Crippen molar-refractivity contribution in [2.75, 3.05) is 13.2 Å². The average molecular weight is 427 g/mol. The molecule has 164 valence electrons. The molecule has 9 nitrogen and oxygen atoms in total. The minimum absolute atomic E-state index is 0.148. The van der Waals surface area contributed by atoms with Gasteiger partial charge in [0.2, 0.25) is 17.7 Å². The zero-order valence-electron chi connectivity index (χ0n) is 17.4. The molecule has 5 atom stereocenters. The van der Waals surface area contributed by atoms with Crippen molar-refractivity contribution in [3.05, 3.63) is 48.0 Å². The summed E-state index contributed by atoms with van der Waals surface area (Å²) in [6.07, 6.45) is 3.36. The maximum atomic E-state index is 13.4. The first-order chi connectivity index (χ1) is 14.7. The van der Waals surface area contributed by atoms with E-state index >= 15 is 0 Å². The van der Waals surface area contributed by atoms with Crippen molar-refractivity contribution in [2.24, 2.45) is 17.6 Å². The van der Waals surface area contributed by atoms with E-state index < -0.39 is 59.3 Å². The van der Waals surface area contributed by atoms with E-state index in [-0.39, 0.29) is 13.2 Å². The fourth-order valence-corrected chi connectivity index (χ4v) is 5.04. The Morgan fingerprint density at radius 1 is 1.23 bits per heavy atom. The second-order valence-electron chi connectivity index (χ2n) is 8.22. The van der Waals surface area contributed by atoms with Crippen LogP contribution in [-0.2, 0) is 35.2 Å². The van der Waals surface area contributed by atoms with E-state index in [1.165, 1.54) is 0 Å². The number of nitrogens with one attached hydrogen (secondary N) is 1. The molecule has 2 saturated heterocycles. The minimum atomic E-state index is -1.38. The molecule has 1 unspecified atom stereocenters. The third-order valence-electron chi connectivity index (χ3n) is 6.22. The molecule has 2 bridgehead atoms. The van der Waals surface area contributed by atoms with Crippen LogP contribution < -0.4 is 11.1 Å². The molecule has 3 aliphatic heterocycles. The zero-order chi connectivity index (χ0) is 22.4. The Morgan fingerprint density at radius 2 is 1.94 bits per heavy atom. The van der Waals surface area contributed by atoms with Gasteiger partial charge in [0.15, 0.2) is 0 Å². The maximum Gasteiger partial charge on any atom is 0.313 e. The SMILES string of the molecule is CCOC(=O)[C@@H]1[C@H]2C(=O)N(CC(N)=O)C(C(=O)NCc3ccccc3)[C@]23C=C[C@]1(C)O3. The van der Waals surface area contributed by atoms with Crippen LogP contribution in [0.1, 0.15) is 19.4 Å². The van der Waals surface area contributed by atoms with Crippen LogP contribution in [0.15, 0.2) is 42.5 Å². The summed E-state index contributed by atoms with van der Waals surface area (Å²) in [5.74, 6) is -4.24. The summed E-state index contributed by atoms with van der Waals surface area (Å²) >= 11 is 0. The third kappa shape index (κ3) is 3.20. The third-order valence-corrected chi connectivity index (χ3v) is 6.22. The topological polar surface area (TPSA) is 128 Å². The standard InChI is InChI=1S/C22H25N3O6/c1-3-30-20(29)16-15-19(28)25(12-14(23)26)17(22(15)10-9-21(16,2)31-22)18(27)24-11-13-7-5-4-6-8-13/h4-10,15-17H,3,11-12H2,1-2H3,(H2,23,26)(H,24,27)/t15-,16-,17?,21-,22-/m0/s1. The fourth-order valence-electron chi connectivity index (χ4n) is 5.04. The summed E-state index contributed by atoms with van der Waals surface area (Å²) in [5, 5.41) is 2.82. The summed E-state index contributed by atoms with van der Waals surface area (Å²) in [7, 11) is 0. The highest BCUT2D eigenvalue weighted by Crippen LogP contribution is 2.59. The normalized spacial score (nSPS) is 32.8. The van der Waals surface area contributed by atoms with Crippen molar-refractivity contribution in [3.8, 4) is 0 Å². The molecular weight excluding hydrogens is 402 g/mol. The Kier molecular flexibility index (Phi) is 5.09. The van der Waals surface area contributed by atoms with Gasteiger partial charge in [0.1, 0.15) is 24.1 Å². The second kappa shape index (κ2) is 7.49. The number of esters is 1. The molecule has 3 aliphatic rings. The second-order valence-corrected chi connectivity index (χ2v) is 8.22. The zero-order valence-corrected chi connectivity index (χ0v) is 17.4. The maximum absolute atomic E-state index is 13.4. The summed E-state index contributed by atoms with van der Waals surface area (Å²) in [6, 6.07) is 8.15. The van der Waals surface area contributed by atoms with E-state index in [2.05, 4.69) is 5.32 Å². The van der Waals surface area contributed by atoms with Gasteiger partial charge in [-0.1, -0.05) is 42.5 Å². The summed E-state index contributed by atoms with van der Waals surface area (Å²) in [5.41, 5.74) is 3.78. The number of amides is 3. The van der Waals surface area contributed by atoms with Gasteiger partial charge in [-0.15, -0.1) is 0 Å². The Bertz CT molecular complexity index is 963. The van der Waals surface area contributed by atoms with Crippen LogP contribution in [0, 0.1) is 11.8 Å². The molecule has 3 amide bonds. The number of rotatable bonds is 7. The molecule has 1 spiro atoms. The summed E-state index contributed by atoms with van der Waals surface area (Å²) in [6.45, 7) is 3.30. The predicted molar refractivity (Wildman–Crippen MR) is 108 cm³/mol. The summed E-state index contributed by atoms with van der Waals surface area (Å²) < 4.78 is 11.4. The molecule has 0 saturated carbocycles. The van der Waals surface area contributed by atoms with Gasteiger partial charge in [-0.25, -0.2) is 0 Å². The van der Waals surface area contributed by atoms with Gasteiger partial charge < -0.3 is 25.4 Å². The molecule has 0 aromatic heterocycles. The van der Waals surface area contributed by atoms with E-state index in [0.717, 1.165) is 10.5 Å². The van der Waals surface area contributed by atoms with Crippen LogP contribution in [0.2, 0.25) is 0 Å². The monoisotopic (exact) mass is 427 g/mol. The van der Waals surface area contributed by atoms with Gasteiger partial charge in [0.05, 0.1) is 18.1 Å². The van der Waals surface area contributed by atoms with E-state index in [1.54, 1.807) is 26.0 Å². The van der Waals surface area contributed by atoms with Crippen molar-refractivity contribution in [1.29, 1.82) is 0 Å². The van der Waals surface area contributed by atoms with Crippen LogP contribution >= 0.6 is 0 Å². The number of carbonyl (C=O) groups excluding carboxylic acids is 4. The van der Waals surface area contributed by atoms with Gasteiger partial charge in [0, 0.05) is 6.54 Å². The van der Waals surface area contributed by atoms with Gasteiger partial charge in [-0.05, 0) is 19.4 Å². The van der Waals surface area contributed by atoms with Crippen LogP contribution in [0.5, 0.6) is 0 Å². The first kappa shape index (κ1) is 21.0. The number of hydrogen-bond acceptors (Lipinski definition) is 6. The lowest BCUT2D eigenvalue weighted by molar-refractivity contribution is -0.157. The molecule has 9 heteroatoms. The van der Waals surface area contributed by atoms with Crippen LogP contribution in [0.25, 0.3) is 0 Å². The van der Waals surface area contributed by atoms with E-state index in [1.807, 2.05) is 30.3 Å². The highest BCUT2D eigenvalue weighted by molar-refractivity contribution is 6.01. The number of nitrogens with zero attached hydrogens (tertiary/aromatic N) is 1. The number of benzene rings is 1. The highest BCUT2D eigenvalue weighted by Gasteiger charge is 2.76. The predicted octanol–water partition coefficient (Wildman–Crippen LogP) is -0.108. The number of carbonyl (C=O) groups is 4. The van der Waals surface area contributed by atoms with Gasteiger partial charge >= 0.3 is 5.97 Å². The lowest BCUT2D eigenvalue weighted by Crippen LogP contribution is -2.56. The van der Waals surface area contributed by atoms with Gasteiger partial charge in [-0.2, -0.15) is 0 Å². The Balaban J connectivity index is 1.69. The summed E-state index contributed by atoms with van der Waals surface area (Å²) in [4.78, 5) is 52.2. The minimum Gasteiger partial charge on any atom is -0.466 e. The average Bonchev–Trinajstić information content (AvgIpc) is 3.28. The molecule has 4 rings (SSSR count). The Hall–Kier alpha value is -3.20. The fraction of sp³-hybridized carbons (Fsp3) is 0.455. The molecule has 3 heterocycles. The lowest BCUT2D eigenvalue weighted by atomic mass is 9.70. The number of nitrogens with two attached hydrogens (primary N) is 1. The number of fused-ring (bicyclic) bond motifs is 1.